The highest BCUT2D eigenvalue weighted by Crippen LogP contribution is 2.39. The number of hydrogen-bond donors (Lipinski definition) is 2. The van der Waals surface area contributed by atoms with Gasteiger partial charge in [0.05, 0.1) is 17.2 Å². The topological polar surface area (TPSA) is 98.6 Å². The molecule has 0 unspecified atom stereocenters. The molecule has 2 N–H and O–H groups in total. The summed E-state index contributed by atoms with van der Waals surface area (Å²) in [7, 11) is 0. The number of thiophene rings is 1. The molecule has 2 atom stereocenters. The van der Waals surface area contributed by atoms with Gasteiger partial charge in [0.2, 0.25) is 5.91 Å². The number of fused-ring (bicyclic) bond motifs is 3. The van der Waals surface area contributed by atoms with E-state index in [-0.39, 0.29) is 23.1 Å². The molecule has 1 saturated carbocycles. The third kappa shape index (κ3) is 3.63. The molecule has 6 nitrogen and oxygen atoms in total. The van der Waals surface area contributed by atoms with Crippen LogP contribution in [-0.2, 0) is 17.6 Å². The number of H-pyrrole nitrogens is 1. The molecule has 2 heterocycles. The van der Waals surface area contributed by atoms with E-state index in [2.05, 4.69) is 28.3 Å². The Kier molecular flexibility index (Phi) is 4.77. The number of aromatic nitrogens is 2. The highest BCUT2D eigenvalue weighted by molar-refractivity contribution is 7.99. The van der Waals surface area contributed by atoms with Gasteiger partial charge in [0.15, 0.2) is 5.16 Å². The number of aromatic amines is 1. The van der Waals surface area contributed by atoms with E-state index in [9.17, 15) is 14.9 Å². The van der Waals surface area contributed by atoms with Crippen molar-refractivity contribution in [3.8, 4) is 6.07 Å². The van der Waals surface area contributed by atoms with Crippen LogP contribution in [0.4, 0.5) is 0 Å². The SMILES string of the molecule is C[C@H]1CCc2c(sc3nc(SCC(=O)N[C@@](C)(C#N)C4CC4)[nH]c(=O)c23)C1. The number of carbonyl (C=O) groups is 1. The summed E-state index contributed by atoms with van der Waals surface area (Å²) >= 11 is 2.81. The minimum atomic E-state index is -0.800. The molecule has 8 heteroatoms. The van der Waals surface area contributed by atoms with Crippen LogP contribution in [-0.4, -0.2) is 27.2 Å². The maximum Gasteiger partial charge on any atom is 0.260 e. The smallest absolute Gasteiger partial charge is 0.260 e. The molecule has 0 saturated heterocycles. The van der Waals surface area contributed by atoms with Crippen LogP contribution in [0.3, 0.4) is 0 Å². The number of nitrogens with one attached hydrogen (secondary N) is 2. The van der Waals surface area contributed by atoms with Crippen LogP contribution in [0.5, 0.6) is 0 Å². The van der Waals surface area contributed by atoms with E-state index in [1.165, 1.54) is 16.6 Å². The zero-order chi connectivity index (χ0) is 19.2. The number of nitrogens with zero attached hydrogens (tertiary/aromatic N) is 2. The van der Waals surface area contributed by atoms with Gasteiger partial charge < -0.3 is 10.3 Å². The molecule has 0 aliphatic heterocycles. The molecular formula is C19H22N4O2S2. The molecule has 0 spiro atoms. The second kappa shape index (κ2) is 6.95. The zero-order valence-electron chi connectivity index (χ0n) is 15.4. The lowest BCUT2D eigenvalue weighted by molar-refractivity contribution is -0.119. The van der Waals surface area contributed by atoms with Crippen molar-refractivity contribution in [2.75, 3.05) is 5.75 Å². The molecule has 27 heavy (non-hydrogen) atoms. The van der Waals surface area contributed by atoms with E-state index in [1.54, 1.807) is 18.3 Å². The Morgan fingerprint density at radius 3 is 2.96 bits per heavy atom. The van der Waals surface area contributed by atoms with Gasteiger partial charge in [0.1, 0.15) is 10.4 Å². The molecule has 0 aromatic carbocycles. The molecule has 0 bridgehead atoms. The highest BCUT2D eigenvalue weighted by Gasteiger charge is 2.42. The summed E-state index contributed by atoms with van der Waals surface area (Å²) in [5.41, 5.74) is 0.242. The fourth-order valence-corrected chi connectivity index (χ4v) is 5.84. The number of amides is 1. The Balaban J connectivity index is 1.49. The van der Waals surface area contributed by atoms with Crippen LogP contribution in [0, 0.1) is 23.2 Å². The van der Waals surface area contributed by atoms with Gasteiger partial charge in [-0.05, 0) is 56.4 Å². The summed E-state index contributed by atoms with van der Waals surface area (Å²) in [6, 6.07) is 2.22. The summed E-state index contributed by atoms with van der Waals surface area (Å²) in [5.74, 6) is 0.798. The van der Waals surface area contributed by atoms with E-state index < -0.39 is 5.54 Å². The van der Waals surface area contributed by atoms with Crippen molar-refractivity contribution in [1.82, 2.24) is 15.3 Å². The first-order chi connectivity index (χ1) is 12.9. The van der Waals surface area contributed by atoms with E-state index >= 15 is 0 Å². The van der Waals surface area contributed by atoms with Gasteiger partial charge >= 0.3 is 0 Å². The molecule has 0 radical (unpaired) electrons. The maximum absolute atomic E-state index is 12.6. The van der Waals surface area contributed by atoms with Crippen molar-refractivity contribution in [3.05, 3.63) is 20.8 Å². The third-order valence-electron chi connectivity index (χ3n) is 5.51. The van der Waals surface area contributed by atoms with Gasteiger partial charge in [-0.2, -0.15) is 5.26 Å². The van der Waals surface area contributed by atoms with E-state index in [0.717, 1.165) is 47.9 Å². The van der Waals surface area contributed by atoms with Crippen LogP contribution >= 0.6 is 23.1 Å². The van der Waals surface area contributed by atoms with Crippen molar-refractivity contribution in [3.63, 3.8) is 0 Å². The average Bonchev–Trinajstić information content (AvgIpc) is 3.41. The lowest BCUT2D eigenvalue weighted by Crippen LogP contribution is -2.47. The Bertz CT molecular complexity index is 1000. The summed E-state index contributed by atoms with van der Waals surface area (Å²) in [6.45, 7) is 4.01. The number of rotatable bonds is 5. The van der Waals surface area contributed by atoms with Gasteiger partial charge in [-0.1, -0.05) is 18.7 Å². The van der Waals surface area contributed by atoms with Crippen molar-refractivity contribution in [2.24, 2.45) is 11.8 Å². The molecule has 1 amide bonds. The van der Waals surface area contributed by atoms with Crippen molar-refractivity contribution < 1.29 is 4.79 Å². The average molecular weight is 403 g/mol. The number of aryl methyl sites for hydroxylation is 1. The predicted octanol–water partition coefficient (Wildman–Crippen LogP) is 3.01. The minimum Gasteiger partial charge on any atom is -0.337 e. The van der Waals surface area contributed by atoms with Gasteiger partial charge in [-0.3, -0.25) is 9.59 Å². The zero-order valence-corrected chi connectivity index (χ0v) is 17.1. The van der Waals surface area contributed by atoms with Crippen molar-refractivity contribution in [1.29, 1.82) is 5.26 Å². The highest BCUT2D eigenvalue weighted by atomic mass is 32.2. The fraction of sp³-hybridized carbons (Fsp3) is 0.579. The molecular weight excluding hydrogens is 380 g/mol. The van der Waals surface area contributed by atoms with Crippen molar-refractivity contribution in [2.45, 2.75) is 56.6 Å². The lowest BCUT2D eigenvalue weighted by Gasteiger charge is -2.22. The summed E-state index contributed by atoms with van der Waals surface area (Å²) in [4.78, 5) is 34.3. The molecule has 1 fully saturated rings. The monoisotopic (exact) mass is 402 g/mol. The second-order valence-electron chi connectivity index (χ2n) is 7.83. The van der Waals surface area contributed by atoms with Crippen LogP contribution < -0.4 is 10.9 Å². The number of hydrogen-bond acceptors (Lipinski definition) is 6. The Hall–Kier alpha value is -1.85. The molecule has 4 rings (SSSR count). The molecule has 2 aliphatic rings. The summed E-state index contributed by atoms with van der Waals surface area (Å²) < 4.78 is 0. The van der Waals surface area contributed by atoms with Gasteiger partial charge in [0.25, 0.3) is 5.56 Å². The Morgan fingerprint density at radius 1 is 1.48 bits per heavy atom. The Labute approximate surface area is 165 Å². The van der Waals surface area contributed by atoms with E-state index in [0.29, 0.717) is 11.1 Å². The van der Waals surface area contributed by atoms with Crippen LogP contribution in [0.25, 0.3) is 10.2 Å². The van der Waals surface area contributed by atoms with Gasteiger partial charge in [-0.15, -0.1) is 11.3 Å². The number of carbonyl (C=O) groups excluding carboxylic acids is 1. The lowest BCUT2D eigenvalue weighted by atomic mass is 9.89. The quantitative estimate of drug-likeness (QED) is 0.592. The first-order valence-electron chi connectivity index (χ1n) is 9.29. The number of nitriles is 1. The summed E-state index contributed by atoms with van der Waals surface area (Å²) in [5, 5.41) is 13.4. The normalized spacial score (nSPS) is 21.3. The third-order valence-corrected chi connectivity index (χ3v) is 7.53. The van der Waals surface area contributed by atoms with Gasteiger partial charge in [0, 0.05) is 4.88 Å². The molecule has 2 aliphatic carbocycles. The first kappa shape index (κ1) is 18.5. The van der Waals surface area contributed by atoms with Crippen LogP contribution in [0.15, 0.2) is 9.95 Å². The minimum absolute atomic E-state index is 0.116. The first-order valence-corrected chi connectivity index (χ1v) is 11.1. The maximum atomic E-state index is 12.6. The number of thioether (sulfide) groups is 1. The Morgan fingerprint density at radius 2 is 2.26 bits per heavy atom. The van der Waals surface area contributed by atoms with Crippen molar-refractivity contribution >= 4 is 39.2 Å². The molecule has 2 aromatic heterocycles. The standard InChI is InChI=1S/C19H22N4O2S2/c1-10-3-6-12-13(7-10)27-17-15(12)16(25)21-18(22-17)26-8-14(24)23-19(2,9-20)11-4-5-11/h10-11H,3-8H2,1-2H3,(H,23,24)(H,21,22,25)/t10-,19-/m0/s1. The van der Waals surface area contributed by atoms with E-state index in [4.69, 9.17) is 0 Å². The molecule has 2 aromatic rings. The second-order valence-corrected chi connectivity index (χ2v) is 9.88. The fourth-order valence-electron chi connectivity index (χ4n) is 3.74. The van der Waals surface area contributed by atoms with Crippen LogP contribution in [0.2, 0.25) is 0 Å². The van der Waals surface area contributed by atoms with E-state index in [1.807, 2.05) is 0 Å². The van der Waals surface area contributed by atoms with Gasteiger partial charge in [-0.25, -0.2) is 4.98 Å². The van der Waals surface area contributed by atoms with Crippen LogP contribution in [0.1, 0.15) is 43.6 Å². The predicted molar refractivity (Wildman–Crippen MR) is 107 cm³/mol. The largest absolute Gasteiger partial charge is 0.337 e. The molecule has 142 valence electrons. The summed E-state index contributed by atoms with van der Waals surface area (Å²) in [6.07, 6.45) is 5.00.